The van der Waals surface area contributed by atoms with E-state index in [2.05, 4.69) is 36.7 Å². The average Bonchev–Trinajstić information content (AvgIpc) is 2.74. The standard InChI is InChI=1S/C14H23NS/c1-3-12(10-13-6-4-9-16-13)15-11-14(2)7-5-8-14/h4,6,9,12,15H,3,5,7-8,10-11H2,1-2H3. The first-order valence-electron chi connectivity index (χ1n) is 6.48. The van der Waals surface area contributed by atoms with Gasteiger partial charge in [-0.05, 0) is 42.5 Å². The van der Waals surface area contributed by atoms with E-state index < -0.39 is 0 Å². The van der Waals surface area contributed by atoms with Crippen molar-refractivity contribution in [2.45, 2.75) is 52.0 Å². The third-order valence-electron chi connectivity index (χ3n) is 3.90. The highest BCUT2D eigenvalue weighted by molar-refractivity contribution is 7.09. The molecule has 0 bridgehead atoms. The second kappa shape index (κ2) is 5.33. The number of hydrogen-bond donors (Lipinski definition) is 1. The molecular formula is C14H23NS. The minimum absolute atomic E-state index is 0.600. The molecule has 0 amide bonds. The zero-order valence-corrected chi connectivity index (χ0v) is 11.3. The quantitative estimate of drug-likeness (QED) is 0.792. The molecule has 1 heterocycles. The summed E-state index contributed by atoms with van der Waals surface area (Å²) in [6, 6.07) is 5.07. The molecule has 0 radical (unpaired) electrons. The summed E-state index contributed by atoms with van der Waals surface area (Å²) >= 11 is 1.88. The lowest BCUT2D eigenvalue weighted by Crippen LogP contribution is -2.42. The van der Waals surface area contributed by atoms with Gasteiger partial charge in [-0.15, -0.1) is 11.3 Å². The molecule has 1 aromatic rings. The van der Waals surface area contributed by atoms with Crippen molar-refractivity contribution in [3.05, 3.63) is 22.4 Å². The van der Waals surface area contributed by atoms with Crippen molar-refractivity contribution in [3.63, 3.8) is 0 Å². The first-order chi connectivity index (χ1) is 7.72. The fraction of sp³-hybridized carbons (Fsp3) is 0.714. The van der Waals surface area contributed by atoms with Gasteiger partial charge in [-0.25, -0.2) is 0 Å². The molecule has 0 aromatic carbocycles. The Morgan fingerprint density at radius 3 is 2.81 bits per heavy atom. The van der Waals surface area contributed by atoms with Gasteiger partial charge in [0.25, 0.3) is 0 Å². The van der Waals surface area contributed by atoms with Crippen LogP contribution < -0.4 is 5.32 Å². The molecule has 90 valence electrons. The highest BCUT2D eigenvalue weighted by atomic mass is 32.1. The molecule has 0 saturated heterocycles. The van der Waals surface area contributed by atoms with E-state index in [1.807, 2.05) is 11.3 Å². The van der Waals surface area contributed by atoms with Crippen LogP contribution in [0.4, 0.5) is 0 Å². The molecule has 1 aliphatic rings. The van der Waals surface area contributed by atoms with E-state index in [1.54, 1.807) is 0 Å². The van der Waals surface area contributed by atoms with Gasteiger partial charge in [0.05, 0.1) is 0 Å². The molecule has 1 saturated carbocycles. The Kier molecular flexibility index (Phi) is 4.04. The van der Waals surface area contributed by atoms with Gasteiger partial charge in [-0.1, -0.05) is 26.3 Å². The second-order valence-corrected chi connectivity index (χ2v) is 6.47. The maximum absolute atomic E-state index is 3.76. The Bertz CT molecular complexity index is 301. The van der Waals surface area contributed by atoms with Gasteiger partial charge in [0.1, 0.15) is 0 Å². The van der Waals surface area contributed by atoms with Crippen molar-refractivity contribution in [2.75, 3.05) is 6.54 Å². The van der Waals surface area contributed by atoms with Crippen molar-refractivity contribution < 1.29 is 0 Å². The Morgan fingerprint density at radius 2 is 2.31 bits per heavy atom. The first kappa shape index (κ1) is 12.1. The number of nitrogens with one attached hydrogen (secondary N) is 1. The summed E-state index contributed by atoms with van der Waals surface area (Å²) < 4.78 is 0. The minimum atomic E-state index is 0.600. The van der Waals surface area contributed by atoms with Crippen LogP contribution in [0.1, 0.15) is 44.4 Å². The molecule has 1 fully saturated rings. The normalized spacial score (nSPS) is 20.4. The summed E-state index contributed by atoms with van der Waals surface area (Å²) in [6.45, 7) is 5.91. The maximum atomic E-state index is 3.76. The topological polar surface area (TPSA) is 12.0 Å². The van der Waals surface area contributed by atoms with Gasteiger partial charge in [-0.2, -0.15) is 0 Å². The van der Waals surface area contributed by atoms with E-state index in [4.69, 9.17) is 0 Å². The third kappa shape index (κ3) is 3.08. The van der Waals surface area contributed by atoms with Crippen molar-refractivity contribution in [3.8, 4) is 0 Å². The third-order valence-corrected chi connectivity index (χ3v) is 4.80. The van der Waals surface area contributed by atoms with Crippen molar-refractivity contribution in [1.82, 2.24) is 5.32 Å². The fourth-order valence-corrected chi connectivity index (χ4v) is 3.17. The van der Waals surface area contributed by atoms with Crippen molar-refractivity contribution >= 4 is 11.3 Å². The van der Waals surface area contributed by atoms with Crippen molar-refractivity contribution in [1.29, 1.82) is 0 Å². The lowest BCUT2D eigenvalue weighted by Gasteiger charge is -2.39. The van der Waals surface area contributed by atoms with Gasteiger partial charge >= 0.3 is 0 Å². The van der Waals surface area contributed by atoms with Crippen LogP contribution in [0, 0.1) is 5.41 Å². The second-order valence-electron chi connectivity index (χ2n) is 5.43. The van der Waals surface area contributed by atoms with E-state index in [1.165, 1.54) is 43.5 Å². The molecule has 1 aromatic heterocycles. The monoisotopic (exact) mass is 237 g/mol. The number of thiophene rings is 1. The summed E-state index contributed by atoms with van der Waals surface area (Å²) in [7, 11) is 0. The summed E-state index contributed by atoms with van der Waals surface area (Å²) in [5.74, 6) is 0. The Morgan fingerprint density at radius 1 is 1.50 bits per heavy atom. The van der Waals surface area contributed by atoms with E-state index in [-0.39, 0.29) is 0 Å². The summed E-state index contributed by atoms with van der Waals surface area (Å²) in [5, 5.41) is 5.93. The lowest BCUT2D eigenvalue weighted by molar-refractivity contribution is 0.150. The van der Waals surface area contributed by atoms with Gasteiger partial charge in [0.2, 0.25) is 0 Å². The van der Waals surface area contributed by atoms with Gasteiger partial charge in [-0.3, -0.25) is 0 Å². The molecule has 2 heteroatoms. The maximum Gasteiger partial charge on any atom is 0.0113 e. The van der Waals surface area contributed by atoms with Crippen LogP contribution in [0.25, 0.3) is 0 Å². The van der Waals surface area contributed by atoms with Crippen LogP contribution in [0.2, 0.25) is 0 Å². The van der Waals surface area contributed by atoms with E-state index in [0.717, 1.165) is 0 Å². The largest absolute Gasteiger partial charge is 0.313 e. The van der Waals surface area contributed by atoms with Gasteiger partial charge in [0.15, 0.2) is 0 Å². The van der Waals surface area contributed by atoms with Gasteiger partial charge in [0, 0.05) is 17.5 Å². The summed E-state index contributed by atoms with van der Waals surface area (Å²) in [6.07, 6.45) is 6.68. The Labute approximate surface area is 103 Å². The Hall–Kier alpha value is -0.340. The molecule has 0 aliphatic heterocycles. The number of hydrogen-bond acceptors (Lipinski definition) is 2. The van der Waals surface area contributed by atoms with Crippen LogP contribution in [0.3, 0.4) is 0 Å². The summed E-state index contributed by atoms with van der Waals surface area (Å²) in [4.78, 5) is 1.51. The van der Waals surface area contributed by atoms with Crippen LogP contribution >= 0.6 is 11.3 Å². The Balaban J connectivity index is 1.77. The van der Waals surface area contributed by atoms with Crippen LogP contribution in [0.5, 0.6) is 0 Å². The molecule has 1 aliphatic carbocycles. The zero-order chi connectivity index (χ0) is 11.4. The van der Waals surface area contributed by atoms with Crippen LogP contribution in [-0.4, -0.2) is 12.6 Å². The van der Waals surface area contributed by atoms with Crippen molar-refractivity contribution in [2.24, 2.45) is 5.41 Å². The van der Waals surface area contributed by atoms with Crippen LogP contribution in [0.15, 0.2) is 17.5 Å². The summed E-state index contributed by atoms with van der Waals surface area (Å²) in [5.41, 5.74) is 0.600. The smallest absolute Gasteiger partial charge is 0.0113 e. The zero-order valence-electron chi connectivity index (χ0n) is 10.5. The highest BCUT2D eigenvalue weighted by Crippen LogP contribution is 2.39. The molecule has 1 atom stereocenters. The van der Waals surface area contributed by atoms with E-state index in [9.17, 15) is 0 Å². The molecule has 16 heavy (non-hydrogen) atoms. The first-order valence-corrected chi connectivity index (χ1v) is 7.35. The molecule has 2 rings (SSSR count). The fourth-order valence-electron chi connectivity index (χ4n) is 2.38. The predicted octanol–water partition coefficient (Wildman–Crippen LogP) is 3.85. The molecular weight excluding hydrogens is 214 g/mol. The molecule has 1 unspecified atom stereocenters. The SMILES string of the molecule is CCC(Cc1cccs1)NCC1(C)CCC1. The predicted molar refractivity (Wildman–Crippen MR) is 72.1 cm³/mol. The van der Waals surface area contributed by atoms with E-state index in [0.29, 0.717) is 11.5 Å². The van der Waals surface area contributed by atoms with E-state index >= 15 is 0 Å². The highest BCUT2D eigenvalue weighted by Gasteiger charge is 2.31. The molecule has 1 nitrogen and oxygen atoms in total. The van der Waals surface area contributed by atoms with Gasteiger partial charge < -0.3 is 5.32 Å². The molecule has 1 N–H and O–H groups in total. The average molecular weight is 237 g/mol. The van der Waals surface area contributed by atoms with Crippen LogP contribution in [-0.2, 0) is 6.42 Å². The minimum Gasteiger partial charge on any atom is -0.313 e. The lowest BCUT2D eigenvalue weighted by atomic mass is 9.70. The molecule has 0 spiro atoms. The number of rotatable bonds is 6.